The van der Waals surface area contributed by atoms with Crippen LogP contribution in [0.3, 0.4) is 0 Å². The number of rotatable bonds is 4. The first-order valence-corrected chi connectivity index (χ1v) is 7.30. The fraction of sp³-hybridized carbons (Fsp3) is 0.812. The molecule has 0 heterocycles. The first-order chi connectivity index (χ1) is 8.09. The summed E-state index contributed by atoms with van der Waals surface area (Å²) in [7, 11) is 0. The Labute approximate surface area is 106 Å². The second kappa shape index (κ2) is 5.37. The summed E-state index contributed by atoms with van der Waals surface area (Å²) in [5, 5.41) is 0. The minimum absolute atomic E-state index is 0.259. The Balaban J connectivity index is 1.98. The number of Topliss-reactive ketones (excluding diaryl/α,β-unsaturated/α-hetero) is 1. The number of carbonyl (C=O) groups excluding carboxylic acids is 1. The van der Waals surface area contributed by atoms with E-state index in [1.807, 2.05) is 0 Å². The predicted molar refractivity (Wildman–Crippen MR) is 71.8 cm³/mol. The molecule has 0 saturated carbocycles. The third kappa shape index (κ3) is 2.81. The maximum absolute atomic E-state index is 11.3. The van der Waals surface area contributed by atoms with E-state index in [1.165, 1.54) is 38.5 Å². The lowest BCUT2D eigenvalue weighted by Crippen LogP contribution is -2.20. The van der Waals surface area contributed by atoms with Crippen LogP contribution in [-0.4, -0.2) is 5.78 Å². The van der Waals surface area contributed by atoms with Gasteiger partial charge >= 0.3 is 0 Å². The molecule has 0 aromatic rings. The molecular formula is C16H26O. The van der Waals surface area contributed by atoms with Gasteiger partial charge < -0.3 is 0 Å². The molecule has 2 aliphatic carbocycles. The van der Waals surface area contributed by atoms with Crippen LogP contribution in [0.1, 0.15) is 65.7 Å². The Hall–Kier alpha value is -0.590. The molecule has 0 aromatic carbocycles. The highest BCUT2D eigenvalue weighted by Gasteiger charge is 2.31. The summed E-state index contributed by atoms with van der Waals surface area (Å²) < 4.78 is 0. The second-order valence-electron chi connectivity index (χ2n) is 6.19. The summed E-state index contributed by atoms with van der Waals surface area (Å²) >= 11 is 0. The maximum Gasteiger partial charge on any atom is 0.132 e. The lowest BCUT2D eigenvalue weighted by atomic mass is 9.74. The van der Waals surface area contributed by atoms with Gasteiger partial charge in [-0.1, -0.05) is 25.0 Å². The van der Waals surface area contributed by atoms with Gasteiger partial charge in [-0.2, -0.15) is 0 Å². The molecule has 0 aromatic heterocycles. The average Bonchev–Trinajstić information content (AvgIpc) is 2.75. The topological polar surface area (TPSA) is 17.1 Å². The standard InChI is InChI=1S/C16H26O/c1-11(13(3)17)8-10-15-12(2)7-9-14-5-4-6-16(14)15/h11-12,15H,4-10H2,1-3H3. The molecule has 0 bridgehead atoms. The number of ketones is 1. The monoisotopic (exact) mass is 234 g/mol. The quantitative estimate of drug-likeness (QED) is 0.654. The molecule has 1 heteroatoms. The minimum atomic E-state index is 0.259. The van der Waals surface area contributed by atoms with Gasteiger partial charge in [0.1, 0.15) is 5.78 Å². The summed E-state index contributed by atoms with van der Waals surface area (Å²) in [6.07, 6.45) is 9.14. The van der Waals surface area contributed by atoms with E-state index < -0.39 is 0 Å². The molecule has 17 heavy (non-hydrogen) atoms. The van der Waals surface area contributed by atoms with E-state index in [4.69, 9.17) is 0 Å². The van der Waals surface area contributed by atoms with Crippen LogP contribution in [0.25, 0.3) is 0 Å². The zero-order chi connectivity index (χ0) is 12.4. The van der Waals surface area contributed by atoms with E-state index in [0.29, 0.717) is 5.78 Å². The van der Waals surface area contributed by atoms with Gasteiger partial charge in [-0.25, -0.2) is 0 Å². The molecule has 1 nitrogen and oxygen atoms in total. The van der Waals surface area contributed by atoms with E-state index in [9.17, 15) is 4.79 Å². The smallest absolute Gasteiger partial charge is 0.132 e. The molecule has 96 valence electrons. The van der Waals surface area contributed by atoms with Crippen LogP contribution in [0.5, 0.6) is 0 Å². The van der Waals surface area contributed by atoms with Crippen LogP contribution in [-0.2, 0) is 4.79 Å². The Morgan fingerprint density at radius 1 is 1.35 bits per heavy atom. The second-order valence-corrected chi connectivity index (χ2v) is 6.19. The van der Waals surface area contributed by atoms with E-state index in [2.05, 4.69) is 13.8 Å². The van der Waals surface area contributed by atoms with Gasteiger partial charge in [0.05, 0.1) is 0 Å². The molecule has 0 spiro atoms. The molecule has 0 radical (unpaired) electrons. The fourth-order valence-corrected chi connectivity index (χ4v) is 3.60. The average molecular weight is 234 g/mol. The SMILES string of the molecule is CC(=O)C(C)CCC1C2=C(CCC2)CCC1C. The van der Waals surface area contributed by atoms with Crippen molar-refractivity contribution in [2.75, 3.05) is 0 Å². The van der Waals surface area contributed by atoms with Gasteiger partial charge in [-0.05, 0) is 63.7 Å². The molecule has 2 rings (SSSR count). The van der Waals surface area contributed by atoms with Gasteiger partial charge in [0.25, 0.3) is 0 Å². The van der Waals surface area contributed by atoms with Crippen molar-refractivity contribution >= 4 is 5.78 Å². The van der Waals surface area contributed by atoms with Gasteiger partial charge in [0.15, 0.2) is 0 Å². The van der Waals surface area contributed by atoms with Crippen molar-refractivity contribution in [3.8, 4) is 0 Å². The minimum Gasteiger partial charge on any atom is -0.300 e. The fourth-order valence-electron chi connectivity index (χ4n) is 3.60. The van der Waals surface area contributed by atoms with Crippen molar-refractivity contribution in [1.29, 1.82) is 0 Å². The van der Waals surface area contributed by atoms with E-state index >= 15 is 0 Å². The Kier molecular flexibility index (Phi) is 4.06. The van der Waals surface area contributed by atoms with E-state index in [-0.39, 0.29) is 5.92 Å². The molecule has 0 aliphatic heterocycles. The molecule has 0 amide bonds. The molecule has 3 atom stereocenters. The number of hydrogen-bond donors (Lipinski definition) is 0. The highest BCUT2D eigenvalue weighted by atomic mass is 16.1. The Morgan fingerprint density at radius 2 is 2.12 bits per heavy atom. The van der Waals surface area contributed by atoms with Crippen LogP contribution >= 0.6 is 0 Å². The Morgan fingerprint density at radius 3 is 2.82 bits per heavy atom. The summed E-state index contributed by atoms with van der Waals surface area (Å²) in [5.74, 6) is 2.25. The molecule has 2 aliphatic rings. The van der Waals surface area contributed by atoms with E-state index in [0.717, 1.165) is 18.3 Å². The van der Waals surface area contributed by atoms with Crippen molar-refractivity contribution in [3.63, 3.8) is 0 Å². The van der Waals surface area contributed by atoms with Crippen LogP contribution in [0.4, 0.5) is 0 Å². The van der Waals surface area contributed by atoms with Crippen molar-refractivity contribution in [2.24, 2.45) is 17.8 Å². The van der Waals surface area contributed by atoms with Crippen molar-refractivity contribution < 1.29 is 4.79 Å². The van der Waals surface area contributed by atoms with Gasteiger partial charge in [0.2, 0.25) is 0 Å². The van der Waals surface area contributed by atoms with Gasteiger partial charge in [0, 0.05) is 5.92 Å². The third-order valence-electron chi connectivity index (χ3n) is 5.02. The highest BCUT2D eigenvalue weighted by molar-refractivity contribution is 5.77. The molecule has 0 fully saturated rings. The normalized spacial score (nSPS) is 30.3. The lowest BCUT2D eigenvalue weighted by molar-refractivity contribution is -0.120. The van der Waals surface area contributed by atoms with Crippen molar-refractivity contribution in [3.05, 3.63) is 11.1 Å². The first kappa shape index (κ1) is 12.9. The summed E-state index contributed by atoms with van der Waals surface area (Å²) in [4.78, 5) is 11.3. The zero-order valence-corrected chi connectivity index (χ0v) is 11.6. The molecule has 0 saturated heterocycles. The summed E-state index contributed by atoms with van der Waals surface area (Å²) in [6.45, 7) is 6.22. The third-order valence-corrected chi connectivity index (χ3v) is 5.02. The largest absolute Gasteiger partial charge is 0.300 e. The van der Waals surface area contributed by atoms with Crippen LogP contribution in [0.2, 0.25) is 0 Å². The van der Waals surface area contributed by atoms with Gasteiger partial charge in [-0.15, -0.1) is 0 Å². The zero-order valence-electron chi connectivity index (χ0n) is 11.6. The molecule has 0 N–H and O–H groups in total. The number of hydrogen-bond acceptors (Lipinski definition) is 1. The first-order valence-electron chi connectivity index (χ1n) is 7.30. The Bertz CT molecular complexity index is 326. The molecule has 3 unspecified atom stereocenters. The number of allylic oxidation sites excluding steroid dienone is 2. The molecular weight excluding hydrogens is 208 g/mol. The lowest BCUT2D eigenvalue weighted by Gasteiger charge is -2.32. The van der Waals surface area contributed by atoms with Crippen molar-refractivity contribution in [2.45, 2.75) is 65.7 Å². The maximum atomic E-state index is 11.3. The van der Waals surface area contributed by atoms with Crippen molar-refractivity contribution in [1.82, 2.24) is 0 Å². The van der Waals surface area contributed by atoms with Crippen LogP contribution < -0.4 is 0 Å². The van der Waals surface area contributed by atoms with E-state index in [1.54, 1.807) is 18.1 Å². The highest BCUT2D eigenvalue weighted by Crippen LogP contribution is 2.45. The van der Waals surface area contributed by atoms with Gasteiger partial charge in [-0.3, -0.25) is 4.79 Å². The number of carbonyl (C=O) groups is 1. The predicted octanol–water partition coefficient (Wildman–Crippen LogP) is 4.52. The van der Waals surface area contributed by atoms with Crippen LogP contribution in [0.15, 0.2) is 11.1 Å². The summed E-state index contributed by atoms with van der Waals surface area (Å²) in [6, 6.07) is 0. The summed E-state index contributed by atoms with van der Waals surface area (Å²) in [5.41, 5.74) is 3.57. The van der Waals surface area contributed by atoms with Crippen LogP contribution in [0, 0.1) is 17.8 Å².